The Morgan fingerprint density at radius 1 is 1.57 bits per heavy atom. The molecule has 2 rings (SSSR count). The maximum absolute atomic E-state index is 10.9. The molecule has 0 unspecified atom stereocenters. The van der Waals surface area contributed by atoms with Crippen LogP contribution < -0.4 is 11.1 Å². The van der Waals surface area contributed by atoms with E-state index in [1.807, 2.05) is 4.68 Å². The standard InChI is InChI=1S/C9H14N4O/c10-9(14)8-5-7-6-11-3-1-2-4-13(7)12-8/h5,11H,1-4,6H2,(H2,10,14). The van der Waals surface area contributed by atoms with Crippen molar-refractivity contribution in [2.24, 2.45) is 5.73 Å². The molecule has 0 saturated heterocycles. The van der Waals surface area contributed by atoms with Crippen molar-refractivity contribution >= 4 is 5.91 Å². The Balaban J connectivity index is 2.27. The molecular weight excluding hydrogens is 180 g/mol. The molecule has 1 aliphatic rings. The Bertz CT molecular complexity index is 319. The van der Waals surface area contributed by atoms with Crippen LogP contribution in [0.15, 0.2) is 6.07 Å². The minimum Gasteiger partial charge on any atom is -0.364 e. The summed E-state index contributed by atoms with van der Waals surface area (Å²) in [4.78, 5) is 10.9. The quantitative estimate of drug-likeness (QED) is 0.653. The third kappa shape index (κ3) is 1.77. The van der Waals surface area contributed by atoms with E-state index in [0.717, 1.165) is 38.2 Å². The van der Waals surface area contributed by atoms with Crippen LogP contribution in [0, 0.1) is 0 Å². The van der Waals surface area contributed by atoms with Crippen LogP contribution >= 0.6 is 0 Å². The highest BCUT2D eigenvalue weighted by Crippen LogP contribution is 2.08. The van der Waals surface area contributed by atoms with Crippen molar-refractivity contribution in [1.29, 1.82) is 0 Å². The fourth-order valence-corrected chi connectivity index (χ4v) is 1.64. The second-order valence-corrected chi connectivity index (χ2v) is 3.49. The molecule has 1 aromatic rings. The van der Waals surface area contributed by atoms with Crippen LogP contribution in [-0.4, -0.2) is 22.2 Å². The molecule has 0 saturated carbocycles. The van der Waals surface area contributed by atoms with Crippen LogP contribution in [0.1, 0.15) is 29.0 Å². The summed E-state index contributed by atoms with van der Waals surface area (Å²) in [5, 5.41) is 7.44. The topological polar surface area (TPSA) is 72.9 Å². The Kier molecular flexibility index (Phi) is 2.49. The predicted octanol–water partition coefficient (Wildman–Crippen LogP) is -0.135. The average molecular weight is 194 g/mol. The molecule has 0 radical (unpaired) electrons. The van der Waals surface area contributed by atoms with Crippen molar-refractivity contribution in [3.05, 3.63) is 17.5 Å². The Morgan fingerprint density at radius 2 is 2.43 bits per heavy atom. The van der Waals surface area contributed by atoms with E-state index in [0.29, 0.717) is 5.69 Å². The average Bonchev–Trinajstić information content (AvgIpc) is 2.48. The largest absolute Gasteiger partial charge is 0.364 e. The van der Waals surface area contributed by atoms with Gasteiger partial charge >= 0.3 is 0 Å². The summed E-state index contributed by atoms with van der Waals surface area (Å²) in [6, 6.07) is 1.76. The summed E-state index contributed by atoms with van der Waals surface area (Å²) in [7, 11) is 0. The van der Waals surface area contributed by atoms with E-state index >= 15 is 0 Å². The lowest BCUT2D eigenvalue weighted by atomic mass is 10.2. The zero-order valence-corrected chi connectivity index (χ0v) is 7.99. The summed E-state index contributed by atoms with van der Waals surface area (Å²) in [6.45, 7) is 2.67. The second kappa shape index (κ2) is 3.79. The first-order valence-electron chi connectivity index (χ1n) is 4.84. The van der Waals surface area contributed by atoms with E-state index in [1.54, 1.807) is 6.07 Å². The third-order valence-corrected chi connectivity index (χ3v) is 2.40. The van der Waals surface area contributed by atoms with Crippen molar-refractivity contribution in [2.75, 3.05) is 6.54 Å². The number of nitrogens with one attached hydrogen (secondary N) is 1. The monoisotopic (exact) mass is 194 g/mol. The Hall–Kier alpha value is -1.36. The molecule has 2 heterocycles. The van der Waals surface area contributed by atoms with Crippen LogP contribution in [0.25, 0.3) is 0 Å². The SMILES string of the molecule is NC(=O)c1cc2n(n1)CCCCNC2. The van der Waals surface area contributed by atoms with Gasteiger partial charge in [-0.3, -0.25) is 9.48 Å². The van der Waals surface area contributed by atoms with Crippen LogP contribution in [0.5, 0.6) is 0 Å². The minimum atomic E-state index is -0.454. The zero-order chi connectivity index (χ0) is 9.97. The van der Waals surface area contributed by atoms with E-state index < -0.39 is 5.91 Å². The van der Waals surface area contributed by atoms with Crippen molar-refractivity contribution in [2.45, 2.75) is 25.9 Å². The van der Waals surface area contributed by atoms with Gasteiger partial charge in [0.2, 0.25) is 0 Å². The van der Waals surface area contributed by atoms with E-state index in [2.05, 4.69) is 10.4 Å². The normalized spacial score (nSPS) is 16.9. The van der Waals surface area contributed by atoms with Gasteiger partial charge in [-0.15, -0.1) is 0 Å². The van der Waals surface area contributed by atoms with Crippen LogP contribution in [0.2, 0.25) is 0 Å². The Labute approximate surface area is 82.3 Å². The lowest BCUT2D eigenvalue weighted by molar-refractivity contribution is 0.0994. The maximum atomic E-state index is 10.9. The molecule has 0 fully saturated rings. The summed E-state index contributed by atoms with van der Waals surface area (Å²) in [5.74, 6) is -0.454. The number of aryl methyl sites for hydroxylation is 1. The van der Waals surface area contributed by atoms with Gasteiger partial charge in [0.15, 0.2) is 0 Å². The van der Waals surface area contributed by atoms with E-state index in [4.69, 9.17) is 5.73 Å². The molecular formula is C9H14N4O. The van der Waals surface area contributed by atoms with Crippen molar-refractivity contribution in [3.63, 3.8) is 0 Å². The van der Waals surface area contributed by atoms with Gasteiger partial charge in [-0.1, -0.05) is 0 Å². The van der Waals surface area contributed by atoms with Gasteiger partial charge in [-0.2, -0.15) is 5.10 Å². The first-order chi connectivity index (χ1) is 6.77. The maximum Gasteiger partial charge on any atom is 0.269 e. The van der Waals surface area contributed by atoms with E-state index in [-0.39, 0.29) is 0 Å². The zero-order valence-electron chi connectivity index (χ0n) is 7.99. The van der Waals surface area contributed by atoms with E-state index in [9.17, 15) is 4.79 Å². The molecule has 0 aliphatic carbocycles. The highest BCUT2D eigenvalue weighted by Gasteiger charge is 2.12. The molecule has 0 atom stereocenters. The fourth-order valence-electron chi connectivity index (χ4n) is 1.64. The van der Waals surface area contributed by atoms with Gasteiger partial charge in [-0.25, -0.2) is 0 Å². The molecule has 0 spiro atoms. The number of fused-ring (bicyclic) bond motifs is 1. The molecule has 1 aliphatic heterocycles. The highest BCUT2D eigenvalue weighted by molar-refractivity contribution is 5.90. The van der Waals surface area contributed by atoms with Gasteiger partial charge in [0.05, 0.1) is 5.69 Å². The molecule has 1 aromatic heterocycles. The van der Waals surface area contributed by atoms with Gasteiger partial charge in [-0.05, 0) is 25.5 Å². The fraction of sp³-hybridized carbons (Fsp3) is 0.556. The molecule has 3 N–H and O–H groups in total. The van der Waals surface area contributed by atoms with Gasteiger partial charge in [0.25, 0.3) is 5.91 Å². The van der Waals surface area contributed by atoms with Crippen molar-refractivity contribution in [1.82, 2.24) is 15.1 Å². The first-order valence-corrected chi connectivity index (χ1v) is 4.84. The third-order valence-electron chi connectivity index (χ3n) is 2.40. The van der Waals surface area contributed by atoms with Crippen molar-refractivity contribution < 1.29 is 4.79 Å². The number of hydrogen-bond donors (Lipinski definition) is 2. The lowest BCUT2D eigenvalue weighted by Gasteiger charge is -2.12. The molecule has 1 amide bonds. The first kappa shape index (κ1) is 9.21. The van der Waals surface area contributed by atoms with Crippen LogP contribution in [0.3, 0.4) is 0 Å². The molecule has 5 nitrogen and oxygen atoms in total. The number of carbonyl (C=O) groups excluding carboxylic acids is 1. The smallest absolute Gasteiger partial charge is 0.269 e. The summed E-state index contributed by atoms with van der Waals surface area (Å²) in [6.07, 6.45) is 2.23. The summed E-state index contributed by atoms with van der Waals surface area (Å²) in [5.41, 5.74) is 6.57. The molecule has 76 valence electrons. The van der Waals surface area contributed by atoms with E-state index in [1.165, 1.54) is 0 Å². The lowest BCUT2D eigenvalue weighted by Crippen LogP contribution is -2.21. The molecule has 5 heteroatoms. The number of hydrogen-bond acceptors (Lipinski definition) is 3. The van der Waals surface area contributed by atoms with Gasteiger partial charge < -0.3 is 11.1 Å². The minimum absolute atomic E-state index is 0.365. The van der Waals surface area contributed by atoms with Gasteiger partial charge in [0, 0.05) is 13.1 Å². The summed E-state index contributed by atoms with van der Waals surface area (Å²) >= 11 is 0. The molecule has 0 bridgehead atoms. The number of primary amides is 1. The number of nitrogens with two attached hydrogens (primary N) is 1. The van der Waals surface area contributed by atoms with Crippen molar-refractivity contribution in [3.8, 4) is 0 Å². The Morgan fingerprint density at radius 3 is 3.21 bits per heavy atom. The number of carbonyl (C=O) groups is 1. The van der Waals surface area contributed by atoms with Crippen LogP contribution in [-0.2, 0) is 13.1 Å². The van der Waals surface area contributed by atoms with Crippen LogP contribution in [0.4, 0.5) is 0 Å². The predicted molar refractivity (Wildman–Crippen MR) is 51.7 cm³/mol. The highest BCUT2D eigenvalue weighted by atomic mass is 16.1. The summed E-state index contributed by atoms with van der Waals surface area (Å²) < 4.78 is 1.87. The molecule has 14 heavy (non-hydrogen) atoms. The number of aromatic nitrogens is 2. The number of nitrogens with zero attached hydrogens (tertiary/aromatic N) is 2. The number of rotatable bonds is 1. The second-order valence-electron chi connectivity index (χ2n) is 3.49. The molecule has 0 aromatic carbocycles. The number of amides is 1. The van der Waals surface area contributed by atoms with Gasteiger partial charge in [0.1, 0.15) is 5.69 Å².